The van der Waals surface area contributed by atoms with E-state index in [1.54, 1.807) is 0 Å². The Morgan fingerprint density at radius 2 is 1.95 bits per heavy atom. The molecule has 9 nitrogen and oxygen atoms in total. The first kappa shape index (κ1) is 13.8. The van der Waals surface area contributed by atoms with Crippen LogP contribution in [0, 0.1) is 0 Å². The quantitative estimate of drug-likeness (QED) is 0.716. The average Bonchev–Trinajstić information content (AvgIpc) is 2.70. The van der Waals surface area contributed by atoms with Gasteiger partial charge in [0.1, 0.15) is 0 Å². The molecule has 0 aliphatic carbocycles. The Morgan fingerprint density at radius 1 is 1.35 bits per heavy atom. The molecule has 106 valence electrons. The number of hydrogen-bond donors (Lipinski definition) is 3. The summed E-state index contributed by atoms with van der Waals surface area (Å²) in [7, 11) is -3.36. The molecule has 0 fully saturated rings. The number of sulfonamides is 1. The highest BCUT2D eigenvalue weighted by molar-refractivity contribution is 7.92. The van der Waals surface area contributed by atoms with E-state index in [4.69, 9.17) is 10.8 Å². The smallest absolute Gasteiger partial charge is 0.360 e. The summed E-state index contributed by atoms with van der Waals surface area (Å²) in [6.45, 7) is 0. The lowest BCUT2D eigenvalue weighted by Gasteiger charge is -2.06. The molecular weight excluding hydrogens is 286 g/mol. The highest BCUT2D eigenvalue weighted by atomic mass is 32.2. The third-order valence-electron chi connectivity index (χ3n) is 2.32. The predicted octanol–water partition coefficient (Wildman–Crippen LogP) is -0.0808. The van der Waals surface area contributed by atoms with Crippen LogP contribution >= 0.6 is 0 Å². The number of aromatic nitrogens is 3. The van der Waals surface area contributed by atoms with Gasteiger partial charge in [0.25, 0.3) is 0 Å². The molecule has 0 saturated heterocycles. The van der Waals surface area contributed by atoms with E-state index in [9.17, 15) is 13.2 Å². The Kier molecular flexibility index (Phi) is 3.32. The summed E-state index contributed by atoms with van der Waals surface area (Å²) in [5, 5.41) is 15.9. The fraction of sp³-hybridized carbons (Fsp3) is 0.100. The number of carboxylic acids is 1. The summed E-state index contributed by atoms with van der Waals surface area (Å²) in [5.74, 6) is -1.38. The van der Waals surface area contributed by atoms with Gasteiger partial charge >= 0.3 is 5.97 Å². The second-order valence-corrected chi connectivity index (χ2v) is 5.71. The molecule has 2 aromatic rings. The molecule has 1 aromatic heterocycles. The molecule has 0 aliphatic rings. The van der Waals surface area contributed by atoms with Gasteiger partial charge in [0.05, 0.1) is 11.9 Å². The maximum Gasteiger partial charge on any atom is 0.360 e. The van der Waals surface area contributed by atoms with E-state index >= 15 is 0 Å². The van der Waals surface area contributed by atoms with Gasteiger partial charge in [0, 0.05) is 5.69 Å². The van der Waals surface area contributed by atoms with E-state index in [1.807, 2.05) is 0 Å². The first-order chi connectivity index (χ1) is 9.28. The molecule has 0 bridgehead atoms. The van der Waals surface area contributed by atoms with E-state index in [-0.39, 0.29) is 11.5 Å². The number of nitrogen functional groups attached to an aromatic ring is 1. The van der Waals surface area contributed by atoms with E-state index in [2.05, 4.69) is 15.0 Å². The molecule has 0 atom stereocenters. The van der Waals surface area contributed by atoms with Crippen molar-refractivity contribution in [1.29, 1.82) is 0 Å². The first-order valence-corrected chi connectivity index (χ1v) is 7.20. The number of nitrogens with one attached hydrogen (secondary N) is 1. The van der Waals surface area contributed by atoms with Crippen molar-refractivity contribution in [3.63, 3.8) is 0 Å². The fourth-order valence-corrected chi connectivity index (χ4v) is 2.08. The molecule has 10 heteroatoms. The second kappa shape index (κ2) is 4.81. The van der Waals surface area contributed by atoms with Gasteiger partial charge in [-0.3, -0.25) is 4.72 Å². The van der Waals surface area contributed by atoms with Gasteiger partial charge in [0.2, 0.25) is 15.7 Å². The zero-order chi connectivity index (χ0) is 14.9. The van der Waals surface area contributed by atoms with Crippen molar-refractivity contribution < 1.29 is 18.3 Å². The molecule has 0 unspecified atom stereocenters. The lowest BCUT2D eigenvalue weighted by atomic mass is 10.3. The Labute approximate surface area is 114 Å². The number of benzene rings is 1. The minimum absolute atomic E-state index is 0.110. The number of aromatic carboxylic acids is 1. The van der Waals surface area contributed by atoms with Gasteiger partial charge in [-0.2, -0.15) is 4.68 Å². The third-order valence-corrected chi connectivity index (χ3v) is 2.93. The highest BCUT2D eigenvalue weighted by Crippen LogP contribution is 2.17. The first-order valence-electron chi connectivity index (χ1n) is 5.30. The van der Waals surface area contributed by atoms with Crippen molar-refractivity contribution in [3.8, 4) is 5.69 Å². The predicted molar refractivity (Wildman–Crippen MR) is 71.2 cm³/mol. The van der Waals surface area contributed by atoms with Gasteiger partial charge in [0.15, 0.2) is 5.82 Å². The van der Waals surface area contributed by atoms with Crippen LogP contribution in [0.4, 0.5) is 11.5 Å². The van der Waals surface area contributed by atoms with Crippen molar-refractivity contribution in [2.24, 2.45) is 0 Å². The molecule has 1 heterocycles. The molecule has 0 spiro atoms. The molecule has 2 rings (SSSR count). The summed E-state index contributed by atoms with van der Waals surface area (Å²) < 4.78 is 25.6. The topological polar surface area (TPSA) is 140 Å². The highest BCUT2D eigenvalue weighted by Gasteiger charge is 2.17. The molecule has 1 aromatic carbocycles. The molecule has 0 amide bonds. The molecular formula is C10H11N5O4S. The van der Waals surface area contributed by atoms with Crippen LogP contribution in [-0.2, 0) is 10.0 Å². The summed E-state index contributed by atoms with van der Waals surface area (Å²) in [6.07, 6.45) is 1.04. The van der Waals surface area contributed by atoms with Gasteiger partial charge in [-0.05, 0) is 24.3 Å². The normalized spacial score (nSPS) is 11.2. The largest absolute Gasteiger partial charge is 0.476 e. The lowest BCUT2D eigenvalue weighted by molar-refractivity contribution is 0.0691. The van der Waals surface area contributed by atoms with Crippen LogP contribution in [0.3, 0.4) is 0 Å². The lowest BCUT2D eigenvalue weighted by Crippen LogP contribution is -2.10. The van der Waals surface area contributed by atoms with Crippen LogP contribution in [0.1, 0.15) is 10.5 Å². The summed E-state index contributed by atoms with van der Waals surface area (Å²) in [4.78, 5) is 10.8. The third kappa shape index (κ3) is 2.85. The monoisotopic (exact) mass is 297 g/mol. The summed E-state index contributed by atoms with van der Waals surface area (Å²) in [5.41, 5.74) is 6.11. The number of hydrogen-bond acceptors (Lipinski definition) is 6. The van der Waals surface area contributed by atoms with Crippen LogP contribution < -0.4 is 10.5 Å². The van der Waals surface area contributed by atoms with Crippen LogP contribution in [0.25, 0.3) is 5.69 Å². The minimum atomic E-state index is -3.36. The maximum absolute atomic E-state index is 11.1. The summed E-state index contributed by atoms with van der Waals surface area (Å²) >= 11 is 0. The van der Waals surface area contributed by atoms with Gasteiger partial charge in [-0.1, -0.05) is 5.21 Å². The molecule has 0 aliphatic heterocycles. The maximum atomic E-state index is 11.1. The van der Waals surface area contributed by atoms with Crippen molar-refractivity contribution >= 4 is 27.5 Å². The van der Waals surface area contributed by atoms with Crippen LogP contribution in [0.15, 0.2) is 24.3 Å². The van der Waals surface area contributed by atoms with Gasteiger partial charge < -0.3 is 10.8 Å². The van der Waals surface area contributed by atoms with E-state index in [0.717, 1.165) is 10.9 Å². The van der Waals surface area contributed by atoms with E-state index < -0.39 is 16.0 Å². The number of carboxylic acid groups (broad SMARTS) is 1. The minimum Gasteiger partial charge on any atom is -0.476 e. The Balaban J connectivity index is 2.33. The van der Waals surface area contributed by atoms with Gasteiger partial charge in [-0.15, -0.1) is 5.10 Å². The van der Waals surface area contributed by atoms with Crippen molar-refractivity contribution in [3.05, 3.63) is 30.0 Å². The number of nitrogens with zero attached hydrogens (tertiary/aromatic N) is 3. The SMILES string of the molecule is CS(=O)(=O)Nc1ccc(-n2nnc(C(=O)O)c2N)cc1. The zero-order valence-electron chi connectivity index (χ0n) is 10.3. The molecule has 20 heavy (non-hydrogen) atoms. The standard InChI is InChI=1S/C10H11N5O4S/c1-20(18,19)13-6-2-4-7(5-3-6)15-9(11)8(10(16)17)12-14-15/h2-5,13H,11H2,1H3,(H,16,17). The number of anilines is 2. The second-order valence-electron chi connectivity index (χ2n) is 3.96. The molecule has 0 radical (unpaired) electrons. The zero-order valence-corrected chi connectivity index (χ0v) is 11.1. The average molecular weight is 297 g/mol. The van der Waals surface area contributed by atoms with Crippen LogP contribution in [-0.4, -0.2) is 40.7 Å². The fourth-order valence-electron chi connectivity index (χ4n) is 1.52. The Bertz CT molecular complexity index is 750. The van der Waals surface area contributed by atoms with Gasteiger partial charge in [-0.25, -0.2) is 13.2 Å². The number of carbonyl (C=O) groups is 1. The van der Waals surface area contributed by atoms with E-state index in [1.165, 1.54) is 24.3 Å². The van der Waals surface area contributed by atoms with E-state index in [0.29, 0.717) is 11.4 Å². The van der Waals surface area contributed by atoms with Crippen LogP contribution in [0.5, 0.6) is 0 Å². The summed E-state index contributed by atoms with van der Waals surface area (Å²) in [6, 6.07) is 6.06. The Morgan fingerprint density at radius 3 is 2.40 bits per heavy atom. The molecule has 4 N–H and O–H groups in total. The Hall–Kier alpha value is -2.62. The number of nitrogens with two attached hydrogens (primary N) is 1. The molecule has 0 saturated carbocycles. The van der Waals surface area contributed by atoms with Crippen molar-refractivity contribution in [2.75, 3.05) is 16.7 Å². The van der Waals surface area contributed by atoms with Crippen LogP contribution in [0.2, 0.25) is 0 Å². The van der Waals surface area contributed by atoms with Crippen molar-refractivity contribution in [2.45, 2.75) is 0 Å². The number of rotatable bonds is 4. The van der Waals surface area contributed by atoms with Crippen molar-refractivity contribution in [1.82, 2.24) is 15.0 Å².